The Bertz CT molecular complexity index is 817. The second-order valence-corrected chi connectivity index (χ2v) is 5.84. The molecule has 0 saturated heterocycles. The summed E-state index contributed by atoms with van der Waals surface area (Å²) >= 11 is 1.60. The number of nitrogens with zero attached hydrogens (tertiary/aromatic N) is 3. The molecule has 5 nitrogen and oxygen atoms in total. The minimum Gasteiger partial charge on any atom is -0.493 e. The molecule has 6 heteroatoms. The first-order valence-electron chi connectivity index (χ1n) is 7.48. The molecular formula is C17H19N3O2S. The predicted octanol–water partition coefficient (Wildman–Crippen LogP) is 3.29. The zero-order chi connectivity index (χ0) is 16.2. The maximum absolute atomic E-state index is 8.89. The summed E-state index contributed by atoms with van der Waals surface area (Å²) in [5.74, 6) is 1.60. The first-order valence-corrected chi connectivity index (χ1v) is 8.66. The van der Waals surface area contributed by atoms with Gasteiger partial charge >= 0.3 is 0 Å². The maximum Gasteiger partial charge on any atom is 0.170 e. The fourth-order valence-corrected chi connectivity index (χ4v) is 3.14. The van der Waals surface area contributed by atoms with Crippen molar-refractivity contribution >= 4 is 23.0 Å². The van der Waals surface area contributed by atoms with Gasteiger partial charge < -0.3 is 9.84 Å². The van der Waals surface area contributed by atoms with Gasteiger partial charge in [-0.2, -0.15) is 0 Å². The highest BCUT2D eigenvalue weighted by Crippen LogP contribution is 2.32. The van der Waals surface area contributed by atoms with Crippen molar-refractivity contribution in [2.45, 2.75) is 13.3 Å². The Morgan fingerprint density at radius 3 is 2.87 bits per heavy atom. The van der Waals surface area contributed by atoms with Crippen LogP contribution in [0.5, 0.6) is 5.75 Å². The van der Waals surface area contributed by atoms with Crippen LogP contribution in [0, 0.1) is 6.92 Å². The van der Waals surface area contributed by atoms with Crippen molar-refractivity contribution in [3.8, 4) is 17.3 Å². The average Bonchev–Trinajstić information content (AvgIpc) is 2.95. The van der Waals surface area contributed by atoms with Gasteiger partial charge in [-0.15, -0.1) is 0 Å². The van der Waals surface area contributed by atoms with E-state index in [0.717, 1.165) is 33.9 Å². The van der Waals surface area contributed by atoms with Crippen LogP contribution in [-0.2, 0) is 0 Å². The number of ether oxygens (including phenoxy) is 1. The molecule has 0 unspecified atom stereocenters. The number of fused-ring (bicyclic) bond motifs is 1. The van der Waals surface area contributed by atoms with Crippen LogP contribution in [0.4, 0.5) is 0 Å². The van der Waals surface area contributed by atoms with Crippen molar-refractivity contribution in [1.29, 1.82) is 0 Å². The van der Waals surface area contributed by atoms with Crippen LogP contribution < -0.4 is 4.74 Å². The summed E-state index contributed by atoms with van der Waals surface area (Å²) in [7, 11) is 0. The van der Waals surface area contributed by atoms with Gasteiger partial charge in [0.05, 0.1) is 17.6 Å². The van der Waals surface area contributed by atoms with E-state index in [4.69, 9.17) is 14.8 Å². The minimum absolute atomic E-state index is 0.124. The number of para-hydroxylation sites is 2. The number of aromatic nitrogens is 3. The Morgan fingerprint density at radius 2 is 2.09 bits per heavy atom. The molecule has 0 atom stereocenters. The van der Waals surface area contributed by atoms with E-state index in [1.54, 1.807) is 18.1 Å². The van der Waals surface area contributed by atoms with Crippen molar-refractivity contribution in [2.24, 2.45) is 0 Å². The molecule has 0 aliphatic rings. The van der Waals surface area contributed by atoms with Crippen molar-refractivity contribution in [1.82, 2.24) is 13.9 Å². The third kappa shape index (κ3) is 3.04. The van der Waals surface area contributed by atoms with Crippen LogP contribution in [0.25, 0.3) is 22.6 Å². The molecular weight excluding hydrogens is 310 g/mol. The van der Waals surface area contributed by atoms with Crippen molar-refractivity contribution in [2.75, 3.05) is 19.5 Å². The van der Waals surface area contributed by atoms with Crippen molar-refractivity contribution in [3.63, 3.8) is 0 Å². The van der Waals surface area contributed by atoms with Crippen LogP contribution >= 0.6 is 11.9 Å². The number of pyridine rings is 1. The normalized spacial score (nSPS) is 11.1. The second kappa shape index (κ2) is 7.02. The molecule has 3 aromatic rings. The lowest BCUT2D eigenvalue weighted by Gasteiger charge is -2.12. The number of aliphatic hydroxyl groups is 1. The second-order valence-electron chi connectivity index (χ2n) is 5.11. The predicted molar refractivity (Wildman–Crippen MR) is 93.8 cm³/mol. The first-order chi connectivity index (χ1) is 11.3. The zero-order valence-corrected chi connectivity index (χ0v) is 14.0. The molecule has 0 spiro atoms. The molecule has 1 N–H and O–H groups in total. The van der Waals surface area contributed by atoms with Gasteiger partial charge in [0.15, 0.2) is 5.82 Å². The lowest BCUT2D eigenvalue weighted by molar-refractivity contribution is 0.233. The Balaban J connectivity index is 2.06. The van der Waals surface area contributed by atoms with Gasteiger partial charge in [0.25, 0.3) is 0 Å². The summed E-state index contributed by atoms with van der Waals surface area (Å²) < 4.78 is 7.83. The monoisotopic (exact) mass is 329 g/mol. The van der Waals surface area contributed by atoms with Crippen LogP contribution in [0.3, 0.4) is 0 Å². The van der Waals surface area contributed by atoms with E-state index in [9.17, 15) is 0 Å². The van der Waals surface area contributed by atoms with Crippen LogP contribution in [0.2, 0.25) is 0 Å². The van der Waals surface area contributed by atoms with E-state index in [2.05, 4.69) is 15.0 Å². The maximum atomic E-state index is 8.89. The summed E-state index contributed by atoms with van der Waals surface area (Å²) in [5, 5.41) is 8.89. The Kier molecular flexibility index (Phi) is 4.83. The van der Waals surface area contributed by atoms with E-state index >= 15 is 0 Å². The topological polar surface area (TPSA) is 60.2 Å². The highest BCUT2D eigenvalue weighted by molar-refractivity contribution is 7.97. The molecule has 0 radical (unpaired) electrons. The zero-order valence-electron chi connectivity index (χ0n) is 13.2. The smallest absolute Gasteiger partial charge is 0.170 e. The Morgan fingerprint density at radius 1 is 1.26 bits per heavy atom. The number of benzene rings is 1. The van der Waals surface area contributed by atoms with Gasteiger partial charge in [-0.05, 0) is 37.1 Å². The van der Waals surface area contributed by atoms with Gasteiger partial charge in [-0.25, -0.2) is 4.98 Å². The summed E-state index contributed by atoms with van der Waals surface area (Å²) in [5.41, 5.74) is 3.79. The summed E-state index contributed by atoms with van der Waals surface area (Å²) in [4.78, 5) is 9.25. The third-order valence-electron chi connectivity index (χ3n) is 3.63. The molecule has 0 saturated carbocycles. The summed E-state index contributed by atoms with van der Waals surface area (Å²) in [6.45, 7) is 2.60. The fraction of sp³-hybridized carbons (Fsp3) is 0.294. The highest BCUT2D eigenvalue weighted by atomic mass is 32.2. The number of aliphatic hydroxyl groups excluding tert-OH is 1. The number of rotatable bonds is 6. The molecule has 3 rings (SSSR count). The lowest BCUT2D eigenvalue weighted by Crippen LogP contribution is -2.03. The van der Waals surface area contributed by atoms with E-state index in [1.165, 1.54) is 0 Å². The summed E-state index contributed by atoms with van der Waals surface area (Å²) in [6, 6.07) is 9.90. The largest absolute Gasteiger partial charge is 0.493 e. The van der Waals surface area contributed by atoms with E-state index in [0.29, 0.717) is 13.0 Å². The quantitative estimate of drug-likeness (QED) is 0.703. The van der Waals surface area contributed by atoms with E-state index in [-0.39, 0.29) is 6.61 Å². The molecule has 0 amide bonds. The van der Waals surface area contributed by atoms with Crippen LogP contribution in [-0.4, -0.2) is 38.5 Å². The van der Waals surface area contributed by atoms with Gasteiger partial charge in [0.1, 0.15) is 11.4 Å². The Hall–Kier alpha value is -2.05. The Labute approximate surface area is 139 Å². The van der Waals surface area contributed by atoms with Gasteiger partial charge in [0, 0.05) is 31.0 Å². The first kappa shape index (κ1) is 15.8. The standard InChI is InChI=1S/C17H19N3O2S/c1-12-15(22-11-5-10-21)8-9-18-16(12)17-19-13-6-3-4-7-14(13)20(17)23-2/h3-4,6-9,21H,5,10-11H2,1-2H3. The molecule has 0 fully saturated rings. The third-order valence-corrected chi connectivity index (χ3v) is 4.36. The molecule has 2 heterocycles. The highest BCUT2D eigenvalue weighted by Gasteiger charge is 2.17. The molecule has 0 aliphatic heterocycles. The van der Waals surface area contributed by atoms with Gasteiger partial charge in [-0.3, -0.25) is 8.96 Å². The molecule has 120 valence electrons. The average molecular weight is 329 g/mol. The number of hydrogen-bond donors (Lipinski definition) is 1. The molecule has 0 bridgehead atoms. The van der Waals surface area contributed by atoms with Crippen molar-refractivity contribution < 1.29 is 9.84 Å². The lowest BCUT2D eigenvalue weighted by atomic mass is 10.2. The van der Waals surface area contributed by atoms with Crippen molar-refractivity contribution in [3.05, 3.63) is 42.1 Å². The number of imidazole rings is 1. The number of hydrogen-bond acceptors (Lipinski definition) is 5. The van der Waals surface area contributed by atoms with Crippen LogP contribution in [0.15, 0.2) is 36.5 Å². The molecule has 23 heavy (non-hydrogen) atoms. The SMILES string of the molecule is CSn1c(-c2nccc(OCCCO)c2C)nc2ccccc21. The van der Waals surface area contributed by atoms with E-state index in [1.807, 2.05) is 37.4 Å². The fourth-order valence-electron chi connectivity index (χ4n) is 2.48. The van der Waals surface area contributed by atoms with Gasteiger partial charge in [-0.1, -0.05) is 12.1 Å². The van der Waals surface area contributed by atoms with E-state index < -0.39 is 0 Å². The van der Waals surface area contributed by atoms with Crippen LogP contribution in [0.1, 0.15) is 12.0 Å². The molecule has 1 aromatic carbocycles. The molecule has 2 aromatic heterocycles. The van der Waals surface area contributed by atoms with Gasteiger partial charge in [0.2, 0.25) is 0 Å². The molecule has 0 aliphatic carbocycles. The minimum atomic E-state index is 0.124. The summed E-state index contributed by atoms with van der Waals surface area (Å²) in [6.07, 6.45) is 4.37.